The van der Waals surface area contributed by atoms with Crippen LogP contribution in [0.15, 0.2) is 47.4 Å². The third-order valence-electron chi connectivity index (χ3n) is 3.29. The van der Waals surface area contributed by atoms with Gasteiger partial charge in [-0.25, -0.2) is 4.98 Å². The molecule has 0 spiro atoms. The molecular weight excluding hydrogens is 296 g/mol. The number of hydrogen-bond donors (Lipinski definition) is 3. The van der Waals surface area contributed by atoms with Crippen molar-refractivity contribution in [2.45, 2.75) is 10.6 Å². The largest absolute Gasteiger partial charge is 0.399 e. The molecule has 1 amide bonds. The van der Waals surface area contributed by atoms with Crippen LogP contribution in [-0.4, -0.2) is 22.9 Å². The van der Waals surface area contributed by atoms with Crippen molar-refractivity contribution in [2.24, 2.45) is 0 Å². The zero-order valence-electron chi connectivity index (χ0n) is 12.1. The number of imidazole rings is 1. The van der Waals surface area contributed by atoms with Crippen molar-refractivity contribution < 1.29 is 4.79 Å². The Bertz CT molecular complexity index is 811. The van der Waals surface area contributed by atoms with Gasteiger partial charge in [0.2, 0.25) is 0 Å². The van der Waals surface area contributed by atoms with Gasteiger partial charge in [0.05, 0.1) is 16.8 Å². The molecule has 2 aromatic carbocycles. The van der Waals surface area contributed by atoms with Gasteiger partial charge in [0.15, 0.2) is 0 Å². The second-order valence-corrected chi connectivity index (χ2v) is 5.87. The van der Waals surface area contributed by atoms with E-state index < -0.39 is 0 Å². The molecule has 0 aliphatic rings. The van der Waals surface area contributed by atoms with Gasteiger partial charge in [-0.1, -0.05) is 6.07 Å². The number of rotatable bonds is 4. The highest BCUT2D eigenvalue weighted by Gasteiger charge is 2.12. The number of fused-ring (bicyclic) bond motifs is 1. The van der Waals surface area contributed by atoms with Crippen molar-refractivity contribution in [3.05, 3.63) is 53.9 Å². The van der Waals surface area contributed by atoms with E-state index in [0.717, 1.165) is 21.9 Å². The quantitative estimate of drug-likeness (QED) is 0.511. The summed E-state index contributed by atoms with van der Waals surface area (Å²) in [6, 6.07) is 13.3. The predicted molar refractivity (Wildman–Crippen MR) is 89.9 cm³/mol. The Labute approximate surface area is 132 Å². The predicted octanol–water partition coefficient (Wildman–Crippen LogP) is 2.80. The van der Waals surface area contributed by atoms with Crippen LogP contribution in [0, 0.1) is 0 Å². The number of nitrogens with one attached hydrogen (secondary N) is 2. The molecule has 0 unspecified atom stereocenters. The van der Waals surface area contributed by atoms with Crippen molar-refractivity contribution in [1.29, 1.82) is 0 Å². The van der Waals surface area contributed by atoms with Gasteiger partial charge in [0.1, 0.15) is 11.3 Å². The van der Waals surface area contributed by atoms with Crippen LogP contribution >= 0.6 is 11.8 Å². The standard InChI is InChI=1S/C16H16N4OS/c1-18-16(21)12-3-2-4-13-15(12)20-14(19-13)9-22-11-7-5-10(17)6-8-11/h2-8H,9,17H2,1H3,(H,18,21)(H,19,20). The maximum Gasteiger partial charge on any atom is 0.253 e. The number of nitrogens with zero attached hydrogens (tertiary/aromatic N) is 1. The number of nitrogen functional groups attached to an aromatic ring is 1. The summed E-state index contributed by atoms with van der Waals surface area (Å²) in [6.45, 7) is 0. The van der Waals surface area contributed by atoms with Gasteiger partial charge in [-0.15, -0.1) is 11.8 Å². The van der Waals surface area contributed by atoms with Gasteiger partial charge in [-0.2, -0.15) is 0 Å². The minimum absolute atomic E-state index is 0.130. The monoisotopic (exact) mass is 312 g/mol. The Balaban J connectivity index is 1.83. The van der Waals surface area contributed by atoms with Gasteiger partial charge in [0, 0.05) is 17.6 Å². The van der Waals surface area contributed by atoms with E-state index in [1.807, 2.05) is 36.4 Å². The summed E-state index contributed by atoms with van der Waals surface area (Å²) in [4.78, 5) is 20.8. The number of anilines is 1. The molecule has 3 rings (SSSR count). The molecule has 0 aliphatic carbocycles. The van der Waals surface area contributed by atoms with E-state index in [-0.39, 0.29) is 5.91 Å². The molecule has 6 heteroatoms. The summed E-state index contributed by atoms with van der Waals surface area (Å²) in [5, 5.41) is 2.64. The van der Waals surface area contributed by atoms with Gasteiger partial charge in [-0.3, -0.25) is 4.79 Å². The minimum atomic E-state index is -0.130. The Morgan fingerprint density at radius 1 is 1.27 bits per heavy atom. The number of carbonyl (C=O) groups excluding carboxylic acids is 1. The maximum atomic E-state index is 11.9. The van der Waals surface area contributed by atoms with Gasteiger partial charge in [-0.05, 0) is 36.4 Å². The van der Waals surface area contributed by atoms with E-state index in [2.05, 4.69) is 15.3 Å². The molecule has 1 heterocycles. The normalized spacial score (nSPS) is 10.8. The highest BCUT2D eigenvalue weighted by molar-refractivity contribution is 7.98. The van der Waals surface area contributed by atoms with Crippen LogP contribution < -0.4 is 11.1 Å². The molecule has 0 radical (unpaired) electrons. The van der Waals surface area contributed by atoms with Gasteiger partial charge in [0.25, 0.3) is 5.91 Å². The first-order chi connectivity index (χ1) is 10.7. The highest BCUT2D eigenvalue weighted by Crippen LogP contribution is 2.24. The van der Waals surface area contributed by atoms with Gasteiger partial charge >= 0.3 is 0 Å². The summed E-state index contributed by atoms with van der Waals surface area (Å²) in [5.41, 5.74) is 8.59. The van der Waals surface area contributed by atoms with Crippen molar-refractivity contribution in [3.63, 3.8) is 0 Å². The first-order valence-corrected chi connectivity index (χ1v) is 7.84. The van der Waals surface area contributed by atoms with Crippen molar-refractivity contribution >= 4 is 34.4 Å². The van der Waals surface area contributed by atoms with Crippen LogP contribution in [0.1, 0.15) is 16.2 Å². The Hall–Kier alpha value is -2.47. The van der Waals surface area contributed by atoms with Crippen LogP contribution in [-0.2, 0) is 5.75 Å². The first kappa shape index (κ1) is 14.5. The molecule has 4 N–H and O–H groups in total. The second-order valence-electron chi connectivity index (χ2n) is 4.82. The van der Waals surface area contributed by atoms with Crippen LogP contribution in [0.4, 0.5) is 5.69 Å². The van der Waals surface area contributed by atoms with E-state index in [4.69, 9.17) is 5.73 Å². The first-order valence-electron chi connectivity index (χ1n) is 6.85. The van der Waals surface area contributed by atoms with Crippen molar-refractivity contribution in [2.75, 3.05) is 12.8 Å². The number of H-pyrrole nitrogens is 1. The Morgan fingerprint density at radius 2 is 2.05 bits per heavy atom. The average Bonchev–Trinajstić information content (AvgIpc) is 2.96. The number of nitrogens with two attached hydrogens (primary N) is 1. The lowest BCUT2D eigenvalue weighted by Gasteiger charge is -2.00. The third kappa shape index (κ3) is 2.92. The fourth-order valence-electron chi connectivity index (χ4n) is 2.19. The lowest BCUT2D eigenvalue weighted by Crippen LogP contribution is -2.18. The minimum Gasteiger partial charge on any atom is -0.399 e. The fourth-order valence-corrected chi connectivity index (χ4v) is 2.95. The molecule has 0 aliphatic heterocycles. The molecule has 3 aromatic rings. The number of amides is 1. The van der Waals surface area contributed by atoms with E-state index in [1.54, 1.807) is 24.9 Å². The number of para-hydroxylation sites is 1. The molecule has 5 nitrogen and oxygen atoms in total. The third-order valence-corrected chi connectivity index (χ3v) is 4.31. The number of carbonyl (C=O) groups is 1. The van der Waals surface area contributed by atoms with E-state index in [0.29, 0.717) is 16.8 Å². The summed E-state index contributed by atoms with van der Waals surface area (Å²) >= 11 is 1.67. The second kappa shape index (κ2) is 6.11. The molecule has 0 fully saturated rings. The van der Waals surface area contributed by atoms with Crippen molar-refractivity contribution in [1.82, 2.24) is 15.3 Å². The molecule has 112 valence electrons. The molecule has 1 aromatic heterocycles. The smallest absolute Gasteiger partial charge is 0.253 e. The lowest BCUT2D eigenvalue weighted by molar-refractivity contribution is 0.0964. The number of aromatic amines is 1. The van der Waals surface area contributed by atoms with Crippen LogP contribution in [0.2, 0.25) is 0 Å². The average molecular weight is 312 g/mol. The zero-order chi connectivity index (χ0) is 15.5. The van der Waals surface area contributed by atoms with Crippen LogP contribution in [0.3, 0.4) is 0 Å². The van der Waals surface area contributed by atoms with E-state index in [9.17, 15) is 4.79 Å². The van der Waals surface area contributed by atoms with Crippen molar-refractivity contribution in [3.8, 4) is 0 Å². The summed E-state index contributed by atoms with van der Waals surface area (Å²) in [7, 11) is 1.62. The summed E-state index contributed by atoms with van der Waals surface area (Å²) in [6.07, 6.45) is 0. The fraction of sp³-hybridized carbons (Fsp3) is 0.125. The Morgan fingerprint density at radius 3 is 2.77 bits per heavy atom. The summed E-state index contributed by atoms with van der Waals surface area (Å²) < 4.78 is 0. The highest BCUT2D eigenvalue weighted by atomic mass is 32.2. The Kier molecular flexibility index (Phi) is 4.02. The van der Waals surface area contributed by atoms with Crippen LogP contribution in [0.25, 0.3) is 11.0 Å². The zero-order valence-corrected chi connectivity index (χ0v) is 12.9. The van der Waals surface area contributed by atoms with E-state index in [1.165, 1.54) is 0 Å². The molecule has 22 heavy (non-hydrogen) atoms. The molecule has 0 bridgehead atoms. The molecular formula is C16H16N4OS. The maximum absolute atomic E-state index is 11.9. The van der Waals surface area contributed by atoms with Crippen LogP contribution in [0.5, 0.6) is 0 Å². The number of aromatic nitrogens is 2. The molecule has 0 saturated carbocycles. The molecule has 0 saturated heterocycles. The van der Waals surface area contributed by atoms with E-state index >= 15 is 0 Å². The molecule has 0 atom stereocenters. The number of benzene rings is 2. The SMILES string of the molecule is CNC(=O)c1cccc2[nH]c(CSc3ccc(N)cc3)nc12. The topological polar surface area (TPSA) is 83.8 Å². The van der Waals surface area contributed by atoms with Gasteiger partial charge < -0.3 is 16.0 Å². The lowest BCUT2D eigenvalue weighted by atomic mass is 10.2. The summed E-state index contributed by atoms with van der Waals surface area (Å²) in [5.74, 6) is 1.41. The number of hydrogen-bond acceptors (Lipinski definition) is 4. The number of thioether (sulfide) groups is 1.